The number of carbonyl (C=O) groups excluding carboxylic acids is 1. The van der Waals surface area contributed by atoms with E-state index in [1.54, 1.807) is 12.1 Å². The maximum absolute atomic E-state index is 13.6. The van der Waals surface area contributed by atoms with Crippen LogP contribution in [0.25, 0.3) is 10.4 Å². The number of nitrogens with one attached hydrogen (secondary N) is 1. The normalized spacial score (nSPS) is 18.8. The Morgan fingerprint density at radius 1 is 1.29 bits per heavy atom. The van der Waals surface area contributed by atoms with E-state index in [-0.39, 0.29) is 17.8 Å². The molecule has 1 saturated heterocycles. The third kappa shape index (κ3) is 4.85. The number of nitrogens with zero attached hydrogens (tertiary/aromatic N) is 4. The van der Waals surface area contributed by atoms with Gasteiger partial charge in [0.15, 0.2) is 0 Å². The maximum atomic E-state index is 13.6. The van der Waals surface area contributed by atoms with Crippen LogP contribution in [0.15, 0.2) is 36.7 Å². The Labute approximate surface area is 189 Å². The molecule has 2 aromatic heterocycles. The molecule has 1 amide bonds. The van der Waals surface area contributed by atoms with Crippen molar-refractivity contribution in [3.05, 3.63) is 58.2 Å². The van der Waals surface area contributed by atoms with Crippen molar-refractivity contribution in [3.8, 4) is 10.4 Å². The highest BCUT2D eigenvalue weighted by Crippen LogP contribution is 2.33. The Morgan fingerprint density at radius 2 is 2.00 bits per heavy atom. The van der Waals surface area contributed by atoms with E-state index >= 15 is 0 Å². The van der Waals surface area contributed by atoms with Crippen LogP contribution in [0.1, 0.15) is 35.3 Å². The molecule has 3 aromatic rings. The summed E-state index contributed by atoms with van der Waals surface area (Å²) >= 11 is 7.31. The Hall–Kier alpha value is -2.58. The summed E-state index contributed by atoms with van der Waals surface area (Å²) in [5, 5.41) is 4.51. The van der Waals surface area contributed by atoms with E-state index in [1.807, 2.05) is 11.8 Å². The van der Waals surface area contributed by atoms with E-state index < -0.39 is 0 Å². The zero-order valence-electron chi connectivity index (χ0n) is 17.3. The molecule has 9 heteroatoms. The number of amides is 1. The molecule has 3 heterocycles. The zero-order valence-corrected chi connectivity index (χ0v) is 18.9. The highest BCUT2D eigenvalue weighted by Gasteiger charge is 2.34. The van der Waals surface area contributed by atoms with Crippen molar-refractivity contribution < 1.29 is 9.18 Å². The third-order valence-electron chi connectivity index (χ3n) is 5.51. The van der Waals surface area contributed by atoms with E-state index in [9.17, 15) is 9.18 Å². The number of thiazole rings is 1. The van der Waals surface area contributed by atoms with Crippen molar-refractivity contribution >= 4 is 34.8 Å². The Morgan fingerprint density at radius 3 is 2.71 bits per heavy atom. The van der Waals surface area contributed by atoms with Crippen LogP contribution >= 0.6 is 22.9 Å². The molecule has 0 aliphatic carbocycles. The van der Waals surface area contributed by atoms with E-state index in [0.717, 1.165) is 28.3 Å². The van der Waals surface area contributed by atoms with Crippen LogP contribution in [-0.4, -0.2) is 44.9 Å². The van der Waals surface area contributed by atoms with Gasteiger partial charge in [0.05, 0.1) is 33.3 Å². The molecule has 0 radical (unpaired) electrons. The summed E-state index contributed by atoms with van der Waals surface area (Å²) in [6, 6.07) is 6.16. The molecule has 1 aliphatic rings. The van der Waals surface area contributed by atoms with E-state index in [2.05, 4.69) is 27.2 Å². The lowest BCUT2D eigenvalue weighted by Gasteiger charge is -2.40. The Balaban J connectivity index is 1.58. The molecule has 0 spiro atoms. The lowest BCUT2D eigenvalue weighted by molar-refractivity contribution is 0.0535. The van der Waals surface area contributed by atoms with Gasteiger partial charge in [0.2, 0.25) is 5.95 Å². The number of aryl methyl sites for hydroxylation is 1. The minimum absolute atomic E-state index is 0.0244. The minimum Gasteiger partial charge on any atom is -0.352 e. The number of piperidine rings is 1. The molecule has 1 fully saturated rings. The number of hydrogen-bond acceptors (Lipinski definition) is 6. The zero-order chi connectivity index (χ0) is 22.0. The molecule has 1 aromatic carbocycles. The first-order chi connectivity index (χ1) is 14.9. The van der Waals surface area contributed by atoms with Crippen molar-refractivity contribution in [2.75, 3.05) is 18.4 Å². The van der Waals surface area contributed by atoms with Crippen LogP contribution in [-0.2, 0) is 0 Å². The predicted molar refractivity (Wildman–Crippen MR) is 121 cm³/mol. The lowest BCUT2D eigenvalue weighted by atomic mass is 9.90. The number of halogens is 2. The monoisotopic (exact) mass is 459 g/mol. The first-order valence-electron chi connectivity index (χ1n) is 10.2. The highest BCUT2D eigenvalue weighted by atomic mass is 35.5. The summed E-state index contributed by atoms with van der Waals surface area (Å²) in [6.45, 7) is 5.23. The number of anilines is 1. The number of rotatable bonds is 5. The lowest BCUT2D eigenvalue weighted by Crippen LogP contribution is -2.51. The molecule has 6 nitrogen and oxygen atoms in total. The molecule has 2 atom stereocenters. The van der Waals surface area contributed by atoms with Gasteiger partial charge in [-0.25, -0.2) is 19.3 Å². The van der Waals surface area contributed by atoms with Gasteiger partial charge < -0.3 is 10.2 Å². The first-order valence-corrected chi connectivity index (χ1v) is 11.4. The third-order valence-corrected chi connectivity index (χ3v) is 6.72. The van der Waals surface area contributed by atoms with Gasteiger partial charge in [-0.2, -0.15) is 0 Å². The molecule has 0 bridgehead atoms. The van der Waals surface area contributed by atoms with Crippen LogP contribution in [0, 0.1) is 18.7 Å². The summed E-state index contributed by atoms with van der Waals surface area (Å²) in [5.41, 5.74) is 1.22. The second-order valence-electron chi connectivity index (χ2n) is 7.71. The van der Waals surface area contributed by atoms with Gasteiger partial charge in [-0.15, -0.1) is 11.3 Å². The van der Waals surface area contributed by atoms with Crippen molar-refractivity contribution in [3.63, 3.8) is 0 Å². The van der Waals surface area contributed by atoms with Gasteiger partial charge in [0.25, 0.3) is 5.91 Å². The smallest absolute Gasteiger partial charge is 0.274 e. The number of carbonyl (C=O) groups is 1. The van der Waals surface area contributed by atoms with Crippen molar-refractivity contribution in [1.29, 1.82) is 0 Å². The van der Waals surface area contributed by atoms with Gasteiger partial charge in [0.1, 0.15) is 11.5 Å². The molecule has 162 valence electrons. The average Bonchev–Trinajstić information content (AvgIpc) is 3.15. The average molecular weight is 460 g/mol. The van der Waals surface area contributed by atoms with Crippen molar-refractivity contribution in [2.24, 2.45) is 5.92 Å². The number of hydrogen-bond donors (Lipinski definition) is 1. The van der Waals surface area contributed by atoms with Gasteiger partial charge in [-0.05, 0) is 43.4 Å². The highest BCUT2D eigenvalue weighted by molar-refractivity contribution is 7.15. The first kappa shape index (κ1) is 21.6. The quantitative estimate of drug-likeness (QED) is 0.577. The number of aromatic nitrogens is 3. The van der Waals surface area contributed by atoms with Gasteiger partial charge in [-0.3, -0.25) is 4.79 Å². The van der Waals surface area contributed by atoms with Gasteiger partial charge in [-0.1, -0.05) is 30.7 Å². The second-order valence-corrected chi connectivity index (χ2v) is 9.35. The summed E-state index contributed by atoms with van der Waals surface area (Å²) in [7, 11) is 0. The molecular formula is C22H23ClFN5OS. The molecule has 31 heavy (non-hydrogen) atoms. The van der Waals surface area contributed by atoms with Gasteiger partial charge in [0, 0.05) is 13.1 Å². The van der Waals surface area contributed by atoms with Crippen LogP contribution < -0.4 is 5.32 Å². The fraction of sp³-hybridized carbons (Fsp3) is 0.364. The molecule has 1 N–H and O–H groups in total. The maximum Gasteiger partial charge on any atom is 0.274 e. The molecule has 1 unspecified atom stereocenters. The minimum atomic E-state index is -0.307. The topological polar surface area (TPSA) is 71.0 Å². The molecular weight excluding hydrogens is 437 g/mol. The van der Waals surface area contributed by atoms with Crippen molar-refractivity contribution in [2.45, 2.75) is 32.7 Å². The summed E-state index contributed by atoms with van der Waals surface area (Å²) < 4.78 is 13.4. The fourth-order valence-electron chi connectivity index (χ4n) is 3.92. The summed E-state index contributed by atoms with van der Waals surface area (Å²) in [5.74, 6) is 0.384. The standard InChI is InChI=1S/C22H23ClFN5OS/c1-13-4-3-9-29(18(13)12-27-22-25-10-16(23)11-26-22)21(30)19-20(31-14(2)28-19)15-5-7-17(24)8-6-15/h5-8,10-11,13,18H,3-4,9,12H2,1-2H3,(H,25,26,27)/t13-,18?/m0/s1. The Bertz CT molecular complexity index is 1060. The largest absolute Gasteiger partial charge is 0.352 e. The van der Waals surface area contributed by atoms with Crippen LogP contribution in [0.3, 0.4) is 0 Å². The summed E-state index contributed by atoms with van der Waals surface area (Å²) in [4.78, 5) is 29.2. The van der Waals surface area contributed by atoms with Crippen molar-refractivity contribution in [1.82, 2.24) is 19.9 Å². The molecule has 1 aliphatic heterocycles. The van der Waals surface area contributed by atoms with Crippen LogP contribution in [0.4, 0.5) is 10.3 Å². The Kier molecular flexibility index (Phi) is 6.48. The molecule has 4 rings (SSSR count). The second kappa shape index (κ2) is 9.28. The molecule has 0 saturated carbocycles. The van der Waals surface area contributed by atoms with Crippen LogP contribution in [0.5, 0.6) is 0 Å². The number of likely N-dealkylation sites (tertiary alicyclic amines) is 1. The van der Waals surface area contributed by atoms with E-state index in [0.29, 0.717) is 35.7 Å². The summed E-state index contributed by atoms with van der Waals surface area (Å²) in [6.07, 6.45) is 5.06. The van der Waals surface area contributed by atoms with E-state index in [4.69, 9.17) is 11.6 Å². The number of benzene rings is 1. The van der Waals surface area contributed by atoms with E-state index in [1.165, 1.54) is 35.9 Å². The SMILES string of the molecule is Cc1nc(C(=O)N2CCC[C@H](C)C2CNc2ncc(Cl)cn2)c(-c2ccc(F)cc2)s1. The fourth-order valence-corrected chi connectivity index (χ4v) is 4.93. The predicted octanol–water partition coefficient (Wildman–Crippen LogP) is 5.05. The van der Waals surface area contributed by atoms with Crippen LogP contribution in [0.2, 0.25) is 5.02 Å². The van der Waals surface area contributed by atoms with Gasteiger partial charge >= 0.3 is 0 Å².